The number of hydrogen-bond donors (Lipinski definition) is 0. The molecule has 2 atom stereocenters. The lowest BCUT2D eigenvalue weighted by molar-refractivity contribution is -0.0198. The fourth-order valence-corrected chi connectivity index (χ4v) is 1.30. The molecule has 1 aliphatic rings. The van der Waals surface area contributed by atoms with Crippen LogP contribution in [0.5, 0.6) is 0 Å². The summed E-state index contributed by atoms with van der Waals surface area (Å²) in [6.07, 6.45) is 0.511. The third-order valence-corrected chi connectivity index (χ3v) is 1.99. The lowest BCUT2D eigenvalue weighted by atomic mass is 10.4. The van der Waals surface area contributed by atoms with E-state index in [2.05, 4.69) is 0 Å². The predicted octanol–water partition coefficient (Wildman–Crippen LogP) is 1.60. The van der Waals surface area contributed by atoms with E-state index in [4.69, 9.17) is 9.47 Å². The van der Waals surface area contributed by atoms with Crippen LogP contribution in [0, 0.1) is 0 Å². The van der Waals surface area contributed by atoms with Gasteiger partial charge in [-0.25, -0.2) is 4.79 Å². The number of nitrogens with zero attached hydrogens (tertiary/aromatic N) is 1. The smallest absolute Gasteiger partial charge is 0.412 e. The maximum Gasteiger partial charge on any atom is 0.412 e. The summed E-state index contributed by atoms with van der Waals surface area (Å²) in [5.41, 5.74) is 0. The quantitative estimate of drug-likeness (QED) is 0.671. The fraction of sp³-hybridized carbons (Fsp3) is 0.889. The summed E-state index contributed by atoms with van der Waals surface area (Å²) in [5, 5.41) is 0. The summed E-state index contributed by atoms with van der Waals surface area (Å²) in [5.74, 6) is 0. The van der Waals surface area contributed by atoms with Crippen LogP contribution >= 0.6 is 0 Å². The topological polar surface area (TPSA) is 38.8 Å². The van der Waals surface area contributed by atoms with Crippen LogP contribution in [0.3, 0.4) is 0 Å². The van der Waals surface area contributed by atoms with Gasteiger partial charge in [0.05, 0.1) is 6.54 Å². The van der Waals surface area contributed by atoms with Gasteiger partial charge in [-0.05, 0) is 20.3 Å². The summed E-state index contributed by atoms with van der Waals surface area (Å²) in [4.78, 5) is 12.8. The molecule has 4 nitrogen and oxygen atoms in total. The van der Waals surface area contributed by atoms with E-state index >= 15 is 0 Å². The molecule has 0 aromatic rings. The number of ether oxygens (including phenoxy) is 2. The summed E-state index contributed by atoms with van der Waals surface area (Å²) in [6.45, 7) is 7.10. The Kier molecular flexibility index (Phi) is 3.54. The van der Waals surface area contributed by atoms with Gasteiger partial charge in [-0.15, -0.1) is 0 Å². The van der Waals surface area contributed by atoms with Crippen molar-refractivity contribution in [2.24, 2.45) is 0 Å². The standard InChI is InChI=1S/C9H17NO3/c1-4-5-12-8(3)10-6-7(2)13-9(10)11/h7-8H,4-6H2,1-3H3. The van der Waals surface area contributed by atoms with Crippen molar-refractivity contribution in [1.29, 1.82) is 0 Å². The van der Waals surface area contributed by atoms with E-state index < -0.39 is 0 Å². The van der Waals surface area contributed by atoms with E-state index in [-0.39, 0.29) is 18.4 Å². The van der Waals surface area contributed by atoms with Gasteiger partial charge in [0, 0.05) is 6.61 Å². The number of cyclic esters (lactones) is 1. The van der Waals surface area contributed by atoms with Gasteiger partial charge >= 0.3 is 6.09 Å². The molecule has 0 aliphatic carbocycles. The highest BCUT2D eigenvalue weighted by Gasteiger charge is 2.31. The number of carbonyl (C=O) groups is 1. The normalized spacial score (nSPS) is 24.7. The first-order chi connectivity index (χ1) is 6.15. The molecule has 1 rings (SSSR count). The minimum atomic E-state index is -0.267. The SMILES string of the molecule is CCCOC(C)N1CC(C)OC1=O. The first kappa shape index (κ1) is 10.3. The average molecular weight is 187 g/mol. The molecule has 2 unspecified atom stereocenters. The van der Waals surface area contributed by atoms with Crippen molar-refractivity contribution >= 4 is 6.09 Å². The van der Waals surface area contributed by atoms with Gasteiger partial charge in [-0.2, -0.15) is 0 Å². The third kappa shape index (κ3) is 2.59. The predicted molar refractivity (Wildman–Crippen MR) is 48.4 cm³/mol. The highest BCUT2D eigenvalue weighted by atomic mass is 16.6. The van der Waals surface area contributed by atoms with Gasteiger partial charge in [0.25, 0.3) is 0 Å². The molecule has 0 aromatic carbocycles. The molecule has 1 fully saturated rings. The number of rotatable bonds is 4. The Morgan fingerprint density at radius 3 is 2.92 bits per heavy atom. The number of amides is 1. The molecule has 13 heavy (non-hydrogen) atoms. The highest BCUT2D eigenvalue weighted by molar-refractivity contribution is 5.69. The van der Waals surface area contributed by atoms with Crippen LogP contribution in [0.15, 0.2) is 0 Å². The summed E-state index contributed by atoms with van der Waals surface area (Å²) in [6, 6.07) is 0. The van der Waals surface area contributed by atoms with Crippen LogP contribution in [-0.4, -0.2) is 36.5 Å². The molecule has 0 bridgehead atoms. The van der Waals surface area contributed by atoms with Gasteiger partial charge in [0.1, 0.15) is 12.3 Å². The largest absolute Gasteiger partial charge is 0.444 e. The van der Waals surface area contributed by atoms with Crippen molar-refractivity contribution in [2.45, 2.75) is 39.5 Å². The maximum absolute atomic E-state index is 11.2. The third-order valence-electron chi connectivity index (χ3n) is 1.99. The first-order valence-corrected chi connectivity index (χ1v) is 4.74. The Bertz CT molecular complexity index is 184. The Balaban J connectivity index is 2.38. The molecule has 1 aliphatic heterocycles. The Labute approximate surface area is 78.8 Å². The Hall–Kier alpha value is -0.770. The van der Waals surface area contributed by atoms with Crippen molar-refractivity contribution in [3.05, 3.63) is 0 Å². The van der Waals surface area contributed by atoms with Crippen LogP contribution in [0.25, 0.3) is 0 Å². The molecule has 1 amide bonds. The Morgan fingerprint density at radius 1 is 1.77 bits per heavy atom. The number of hydrogen-bond acceptors (Lipinski definition) is 3. The second-order valence-electron chi connectivity index (χ2n) is 3.32. The van der Waals surface area contributed by atoms with E-state index in [9.17, 15) is 4.79 Å². The summed E-state index contributed by atoms with van der Waals surface area (Å²) >= 11 is 0. The molecule has 0 saturated carbocycles. The van der Waals surface area contributed by atoms with Gasteiger partial charge in [-0.1, -0.05) is 6.92 Å². The molecule has 1 heterocycles. The van der Waals surface area contributed by atoms with Gasteiger partial charge in [0.2, 0.25) is 0 Å². The molecule has 76 valence electrons. The van der Waals surface area contributed by atoms with Crippen LogP contribution in [0.4, 0.5) is 4.79 Å². The molecule has 0 aromatic heterocycles. The molecule has 0 radical (unpaired) electrons. The molecular weight excluding hydrogens is 170 g/mol. The highest BCUT2D eigenvalue weighted by Crippen LogP contribution is 2.14. The molecule has 1 saturated heterocycles. The summed E-state index contributed by atoms with van der Waals surface area (Å²) in [7, 11) is 0. The van der Waals surface area contributed by atoms with Crippen molar-refractivity contribution in [3.63, 3.8) is 0 Å². The number of carbonyl (C=O) groups excluding carboxylic acids is 1. The average Bonchev–Trinajstić information content (AvgIpc) is 2.41. The van der Waals surface area contributed by atoms with E-state index in [1.54, 1.807) is 4.90 Å². The Morgan fingerprint density at radius 2 is 2.46 bits per heavy atom. The fourth-order valence-electron chi connectivity index (χ4n) is 1.30. The second kappa shape index (κ2) is 4.46. The van der Waals surface area contributed by atoms with Crippen molar-refractivity contribution in [1.82, 2.24) is 4.90 Å². The van der Waals surface area contributed by atoms with Crippen molar-refractivity contribution < 1.29 is 14.3 Å². The molecule has 0 spiro atoms. The maximum atomic E-state index is 11.2. The van der Waals surface area contributed by atoms with Gasteiger partial charge < -0.3 is 9.47 Å². The molecule has 4 heteroatoms. The minimum absolute atomic E-state index is 0.0137. The van der Waals surface area contributed by atoms with E-state index in [1.165, 1.54) is 0 Å². The summed E-state index contributed by atoms with van der Waals surface area (Å²) < 4.78 is 10.4. The van der Waals surface area contributed by atoms with Crippen LogP contribution in [-0.2, 0) is 9.47 Å². The monoisotopic (exact) mass is 187 g/mol. The van der Waals surface area contributed by atoms with E-state index in [1.807, 2.05) is 20.8 Å². The zero-order valence-electron chi connectivity index (χ0n) is 8.45. The molecule has 0 N–H and O–H groups in total. The van der Waals surface area contributed by atoms with E-state index in [0.29, 0.717) is 13.2 Å². The second-order valence-corrected chi connectivity index (χ2v) is 3.32. The van der Waals surface area contributed by atoms with Crippen LogP contribution < -0.4 is 0 Å². The lowest BCUT2D eigenvalue weighted by Crippen LogP contribution is -2.36. The zero-order valence-corrected chi connectivity index (χ0v) is 8.45. The van der Waals surface area contributed by atoms with Crippen LogP contribution in [0.2, 0.25) is 0 Å². The van der Waals surface area contributed by atoms with Crippen molar-refractivity contribution in [2.75, 3.05) is 13.2 Å². The van der Waals surface area contributed by atoms with Gasteiger partial charge in [0.15, 0.2) is 0 Å². The van der Waals surface area contributed by atoms with Crippen LogP contribution in [0.1, 0.15) is 27.2 Å². The van der Waals surface area contributed by atoms with E-state index in [0.717, 1.165) is 6.42 Å². The lowest BCUT2D eigenvalue weighted by Gasteiger charge is -2.21. The zero-order chi connectivity index (χ0) is 9.84. The minimum Gasteiger partial charge on any atom is -0.444 e. The van der Waals surface area contributed by atoms with Gasteiger partial charge in [-0.3, -0.25) is 4.90 Å². The van der Waals surface area contributed by atoms with Crippen molar-refractivity contribution in [3.8, 4) is 0 Å². The molecular formula is C9H17NO3. The first-order valence-electron chi connectivity index (χ1n) is 4.74.